The molecule has 1 aromatic carbocycles. The number of ether oxygens (including phenoxy) is 1. The van der Waals surface area contributed by atoms with Crippen LogP contribution in [0.4, 0.5) is 4.39 Å². The Morgan fingerprint density at radius 3 is 2.86 bits per heavy atom. The lowest BCUT2D eigenvalue weighted by molar-refractivity contribution is 0.0666. The normalized spacial score (nSPS) is 10.6. The van der Waals surface area contributed by atoms with Crippen LogP contribution < -0.4 is 0 Å². The minimum absolute atomic E-state index is 0.0851. The van der Waals surface area contributed by atoms with Gasteiger partial charge in [-0.1, -0.05) is 11.6 Å². The van der Waals surface area contributed by atoms with Crippen LogP contribution in [-0.2, 0) is 11.3 Å². The molecule has 0 unspecified atom stereocenters. The van der Waals surface area contributed by atoms with E-state index in [4.69, 9.17) is 20.8 Å². The Balaban J connectivity index is 2.20. The van der Waals surface area contributed by atoms with Gasteiger partial charge in [0.15, 0.2) is 0 Å². The fraction of sp³-hybridized carbons (Fsp3) is 0.267. The molecule has 0 aliphatic rings. The molecular weight excluding hydrogens is 297 g/mol. The molecule has 0 spiro atoms. The molecule has 2 rings (SSSR count). The first-order valence-corrected chi connectivity index (χ1v) is 6.75. The molecule has 1 amide bonds. The van der Waals surface area contributed by atoms with Gasteiger partial charge in [0.25, 0.3) is 5.91 Å². The third-order valence-electron chi connectivity index (χ3n) is 2.94. The second-order valence-electron chi connectivity index (χ2n) is 4.42. The molecule has 0 N–H and O–H groups in total. The zero-order chi connectivity index (χ0) is 15.2. The van der Waals surface area contributed by atoms with Crippen molar-refractivity contribution in [3.05, 3.63) is 58.8 Å². The summed E-state index contributed by atoms with van der Waals surface area (Å²) in [6.07, 6.45) is 1.54. The van der Waals surface area contributed by atoms with E-state index in [1.807, 2.05) is 0 Å². The highest BCUT2D eigenvalue weighted by Crippen LogP contribution is 2.20. The number of furan rings is 1. The van der Waals surface area contributed by atoms with Crippen LogP contribution >= 0.6 is 11.6 Å². The summed E-state index contributed by atoms with van der Waals surface area (Å²) >= 11 is 5.94. The van der Waals surface area contributed by atoms with Gasteiger partial charge in [-0.3, -0.25) is 4.79 Å². The topological polar surface area (TPSA) is 42.7 Å². The van der Waals surface area contributed by atoms with Crippen LogP contribution in [0.5, 0.6) is 0 Å². The Bertz CT molecular complexity index is 601. The lowest BCUT2D eigenvalue weighted by Crippen LogP contribution is -2.33. The maximum absolute atomic E-state index is 13.1. The first-order valence-electron chi connectivity index (χ1n) is 6.37. The van der Waals surface area contributed by atoms with E-state index in [0.717, 1.165) is 6.07 Å². The van der Waals surface area contributed by atoms with E-state index in [2.05, 4.69) is 0 Å². The number of carbonyl (C=O) groups excluding carboxylic acids is 1. The molecule has 112 valence electrons. The largest absolute Gasteiger partial charge is 0.467 e. The van der Waals surface area contributed by atoms with Crippen LogP contribution in [0.15, 0.2) is 41.0 Å². The monoisotopic (exact) mass is 311 g/mol. The molecule has 2 aromatic rings. The number of methoxy groups -OCH3 is 1. The van der Waals surface area contributed by atoms with E-state index >= 15 is 0 Å². The van der Waals surface area contributed by atoms with Gasteiger partial charge in [-0.25, -0.2) is 4.39 Å². The van der Waals surface area contributed by atoms with Crippen LogP contribution in [0.1, 0.15) is 16.1 Å². The Morgan fingerprint density at radius 2 is 2.24 bits per heavy atom. The fourth-order valence-electron chi connectivity index (χ4n) is 1.88. The van der Waals surface area contributed by atoms with Crippen molar-refractivity contribution >= 4 is 17.5 Å². The molecule has 4 nitrogen and oxygen atoms in total. The van der Waals surface area contributed by atoms with Gasteiger partial charge >= 0.3 is 0 Å². The lowest BCUT2D eigenvalue weighted by atomic mass is 10.2. The standard InChI is InChI=1S/C15H15ClFNO3/c1-20-8-6-18(10-12-3-2-7-21-12)15(19)13-5-4-11(17)9-14(13)16/h2-5,7,9H,6,8,10H2,1H3. The molecule has 6 heteroatoms. The van der Waals surface area contributed by atoms with Crippen LogP contribution in [0, 0.1) is 5.82 Å². The minimum atomic E-state index is -0.481. The van der Waals surface area contributed by atoms with Gasteiger partial charge in [0.2, 0.25) is 0 Å². The van der Waals surface area contributed by atoms with Crippen LogP contribution in [0.2, 0.25) is 5.02 Å². The maximum Gasteiger partial charge on any atom is 0.255 e. The number of amides is 1. The minimum Gasteiger partial charge on any atom is -0.467 e. The number of rotatable bonds is 6. The molecule has 0 radical (unpaired) electrons. The summed E-state index contributed by atoms with van der Waals surface area (Å²) in [6, 6.07) is 7.23. The number of hydrogen-bond acceptors (Lipinski definition) is 3. The van der Waals surface area contributed by atoms with Crippen molar-refractivity contribution in [3.8, 4) is 0 Å². The summed E-state index contributed by atoms with van der Waals surface area (Å²) in [5, 5.41) is 0.0851. The van der Waals surface area contributed by atoms with Crippen molar-refractivity contribution in [1.29, 1.82) is 0 Å². The van der Waals surface area contributed by atoms with Crippen molar-refractivity contribution in [1.82, 2.24) is 4.90 Å². The number of hydrogen-bond donors (Lipinski definition) is 0. The van der Waals surface area contributed by atoms with Crippen LogP contribution in [0.25, 0.3) is 0 Å². The van der Waals surface area contributed by atoms with Crippen molar-refractivity contribution < 1.29 is 18.3 Å². The zero-order valence-corrected chi connectivity index (χ0v) is 12.3. The van der Waals surface area contributed by atoms with Crippen molar-refractivity contribution in [2.45, 2.75) is 6.54 Å². The van der Waals surface area contributed by atoms with Crippen molar-refractivity contribution in [2.24, 2.45) is 0 Å². The zero-order valence-electron chi connectivity index (χ0n) is 11.5. The van der Waals surface area contributed by atoms with Gasteiger partial charge in [-0.05, 0) is 30.3 Å². The maximum atomic E-state index is 13.1. The summed E-state index contributed by atoms with van der Waals surface area (Å²) in [6.45, 7) is 1.05. The SMILES string of the molecule is COCCN(Cc1ccco1)C(=O)c1ccc(F)cc1Cl. The van der Waals surface area contributed by atoms with E-state index in [-0.39, 0.29) is 16.5 Å². The first kappa shape index (κ1) is 15.5. The van der Waals surface area contributed by atoms with Crippen LogP contribution in [0.3, 0.4) is 0 Å². The first-order chi connectivity index (χ1) is 10.1. The third kappa shape index (κ3) is 4.06. The average Bonchev–Trinajstić information content (AvgIpc) is 2.95. The molecule has 0 bridgehead atoms. The highest BCUT2D eigenvalue weighted by atomic mass is 35.5. The number of nitrogens with zero attached hydrogens (tertiary/aromatic N) is 1. The molecule has 0 aliphatic heterocycles. The van der Waals surface area contributed by atoms with E-state index in [0.29, 0.717) is 25.5 Å². The molecule has 0 fully saturated rings. The van der Waals surface area contributed by atoms with Crippen molar-refractivity contribution in [3.63, 3.8) is 0 Å². The highest BCUT2D eigenvalue weighted by molar-refractivity contribution is 6.33. The van der Waals surface area contributed by atoms with Gasteiger partial charge in [0.1, 0.15) is 11.6 Å². The quantitative estimate of drug-likeness (QED) is 0.821. The molecular formula is C15H15ClFNO3. The van der Waals surface area contributed by atoms with Crippen LogP contribution in [-0.4, -0.2) is 31.1 Å². The Labute approximate surface area is 127 Å². The van der Waals surface area contributed by atoms with E-state index in [9.17, 15) is 9.18 Å². The van der Waals surface area contributed by atoms with E-state index in [1.54, 1.807) is 30.4 Å². The Kier molecular flexibility index (Phi) is 5.36. The van der Waals surface area contributed by atoms with Gasteiger partial charge in [0.05, 0.1) is 30.0 Å². The molecule has 21 heavy (non-hydrogen) atoms. The molecule has 0 saturated carbocycles. The number of benzene rings is 1. The molecule has 0 atom stereocenters. The van der Waals surface area contributed by atoms with E-state index in [1.165, 1.54) is 12.1 Å². The molecule has 0 aliphatic carbocycles. The smallest absolute Gasteiger partial charge is 0.255 e. The summed E-state index contributed by atoms with van der Waals surface area (Å²) < 4.78 is 23.3. The molecule has 0 saturated heterocycles. The molecule has 1 heterocycles. The number of halogens is 2. The Morgan fingerprint density at radius 1 is 1.43 bits per heavy atom. The van der Waals surface area contributed by atoms with E-state index < -0.39 is 5.82 Å². The van der Waals surface area contributed by atoms with Gasteiger partial charge < -0.3 is 14.1 Å². The summed E-state index contributed by atoms with van der Waals surface area (Å²) in [5.41, 5.74) is 0.251. The second-order valence-corrected chi connectivity index (χ2v) is 4.83. The van der Waals surface area contributed by atoms with Gasteiger partial charge in [0, 0.05) is 13.7 Å². The second kappa shape index (κ2) is 7.24. The number of carbonyl (C=O) groups is 1. The Hall–Kier alpha value is -1.85. The summed E-state index contributed by atoms with van der Waals surface area (Å²) in [5.74, 6) is -0.128. The molecule has 1 aromatic heterocycles. The fourth-order valence-corrected chi connectivity index (χ4v) is 2.13. The van der Waals surface area contributed by atoms with Crippen molar-refractivity contribution in [2.75, 3.05) is 20.3 Å². The van der Waals surface area contributed by atoms with Gasteiger partial charge in [-0.15, -0.1) is 0 Å². The highest BCUT2D eigenvalue weighted by Gasteiger charge is 2.19. The summed E-state index contributed by atoms with van der Waals surface area (Å²) in [4.78, 5) is 14.1. The predicted molar refractivity (Wildman–Crippen MR) is 76.7 cm³/mol. The predicted octanol–water partition coefficient (Wildman–Crippen LogP) is 3.36. The summed E-state index contributed by atoms with van der Waals surface area (Å²) in [7, 11) is 1.56. The average molecular weight is 312 g/mol. The third-order valence-corrected chi connectivity index (χ3v) is 3.25. The lowest BCUT2D eigenvalue weighted by Gasteiger charge is -2.22. The van der Waals surface area contributed by atoms with Gasteiger partial charge in [-0.2, -0.15) is 0 Å².